The van der Waals surface area contributed by atoms with Crippen molar-refractivity contribution in [3.8, 4) is 0 Å². The highest BCUT2D eigenvalue weighted by Gasteiger charge is 2.13. The lowest BCUT2D eigenvalue weighted by atomic mass is 10.3. The zero-order chi connectivity index (χ0) is 15.5. The third-order valence-electron chi connectivity index (χ3n) is 2.52. The predicted octanol–water partition coefficient (Wildman–Crippen LogP) is 0.721. The molecule has 0 saturated carbocycles. The lowest BCUT2D eigenvalue weighted by Gasteiger charge is -2.03. The molecule has 1 amide bonds. The molecule has 0 radical (unpaired) electrons. The van der Waals surface area contributed by atoms with E-state index in [-0.39, 0.29) is 17.2 Å². The van der Waals surface area contributed by atoms with Crippen LogP contribution in [0.25, 0.3) is 0 Å². The van der Waals surface area contributed by atoms with Gasteiger partial charge in [0.2, 0.25) is 10.0 Å². The molecule has 3 N–H and O–H groups in total. The quantitative estimate of drug-likeness (QED) is 0.838. The molecule has 0 fully saturated rings. The third-order valence-corrected chi connectivity index (χ3v) is 3.45. The van der Waals surface area contributed by atoms with Gasteiger partial charge in [-0.05, 0) is 24.3 Å². The van der Waals surface area contributed by atoms with Gasteiger partial charge in [0.1, 0.15) is 6.61 Å². The highest BCUT2D eigenvalue weighted by molar-refractivity contribution is 7.89. The van der Waals surface area contributed by atoms with Crippen molar-refractivity contribution < 1.29 is 22.5 Å². The molecule has 112 valence electrons. The van der Waals surface area contributed by atoms with Crippen molar-refractivity contribution >= 4 is 21.6 Å². The molecule has 1 aromatic heterocycles. The molecule has 0 aliphatic rings. The zero-order valence-electron chi connectivity index (χ0n) is 11.1. The average Bonchev–Trinajstić information content (AvgIpc) is 2.87. The Labute approximate surface area is 120 Å². The first-order valence-electron chi connectivity index (χ1n) is 5.79. The first kappa shape index (κ1) is 15.2. The summed E-state index contributed by atoms with van der Waals surface area (Å²) in [5.74, 6) is -0.0586. The molecule has 0 aliphatic heterocycles. The lowest BCUT2D eigenvalue weighted by Crippen LogP contribution is -2.14. The lowest BCUT2D eigenvalue weighted by molar-refractivity contribution is 0.101. The van der Waals surface area contributed by atoms with Crippen molar-refractivity contribution in [2.75, 3.05) is 12.4 Å². The molecule has 0 aliphatic carbocycles. The van der Waals surface area contributed by atoms with Crippen LogP contribution < -0.4 is 10.5 Å². The fraction of sp³-hybridized carbons (Fsp3) is 0.167. The van der Waals surface area contributed by atoms with E-state index in [1.54, 1.807) is 0 Å². The maximum atomic E-state index is 11.9. The van der Waals surface area contributed by atoms with Gasteiger partial charge in [-0.3, -0.25) is 4.79 Å². The number of carbonyl (C=O) groups is 1. The number of nitrogens with zero attached hydrogens (tertiary/aromatic N) is 1. The fourth-order valence-corrected chi connectivity index (χ4v) is 2.07. The van der Waals surface area contributed by atoms with Crippen molar-refractivity contribution in [1.82, 2.24) is 5.16 Å². The summed E-state index contributed by atoms with van der Waals surface area (Å²) in [4.78, 5) is 11.9. The third kappa shape index (κ3) is 3.88. The molecular formula is C12H13N3O5S. The van der Waals surface area contributed by atoms with Crippen LogP contribution in [-0.4, -0.2) is 26.6 Å². The Morgan fingerprint density at radius 1 is 1.38 bits per heavy atom. The molecule has 1 aromatic carbocycles. The first-order chi connectivity index (χ1) is 9.90. The number of methoxy groups -OCH3 is 1. The second kappa shape index (κ2) is 6.04. The van der Waals surface area contributed by atoms with Crippen LogP contribution >= 0.6 is 0 Å². The summed E-state index contributed by atoms with van der Waals surface area (Å²) in [6.45, 7) is 0.212. The monoisotopic (exact) mass is 311 g/mol. The highest BCUT2D eigenvalue weighted by Crippen LogP contribution is 2.14. The number of sulfonamides is 1. The second-order valence-electron chi connectivity index (χ2n) is 4.13. The number of nitrogens with two attached hydrogens (primary N) is 1. The topological polar surface area (TPSA) is 125 Å². The molecule has 21 heavy (non-hydrogen) atoms. The van der Waals surface area contributed by atoms with Crippen LogP contribution in [0, 0.1) is 0 Å². The number of hydrogen-bond acceptors (Lipinski definition) is 6. The molecule has 2 rings (SSSR count). The highest BCUT2D eigenvalue weighted by atomic mass is 32.2. The van der Waals surface area contributed by atoms with Gasteiger partial charge < -0.3 is 14.6 Å². The number of nitrogens with one attached hydrogen (secondary N) is 1. The number of hydrogen-bond donors (Lipinski definition) is 2. The molecule has 8 nitrogen and oxygen atoms in total. The van der Waals surface area contributed by atoms with Crippen molar-refractivity contribution in [3.05, 3.63) is 41.8 Å². The van der Waals surface area contributed by atoms with Crippen molar-refractivity contribution in [2.45, 2.75) is 11.5 Å². The summed E-state index contributed by atoms with van der Waals surface area (Å²) >= 11 is 0. The van der Waals surface area contributed by atoms with Crippen molar-refractivity contribution in [2.24, 2.45) is 5.14 Å². The normalized spacial score (nSPS) is 11.3. The minimum Gasteiger partial charge on any atom is -0.377 e. The van der Waals surface area contributed by atoms with E-state index in [1.165, 1.54) is 37.4 Å². The molecule has 0 bridgehead atoms. The number of aromatic nitrogens is 1. The van der Waals surface area contributed by atoms with Crippen LogP contribution in [0.5, 0.6) is 0 Å². The molecule has 0 unspecified atom stereocenters. The summed E-state index contributed by atoms with van der Waals surface area (Å²) in [6, 6.07) is 6.90. The summed E-state index contributed by atoms with van der Waals surface area (Å²) < 4.78 is 32.0. The van der Waals surface area contributed by atoms with Crippen molar-refractivity contribution in [3.63, 3.8) is 0 Å². The number of ether oxygens (including phenoxy) is 1. The Hall–Kier alpha value is -2.23. The average molecular weight is 311 g/mol. The number of rotatable bonds is 5. The number of carbonyl (C=O) groups excluding carboxylic acids is 1. The summed E-state index contributed by atoms with van der Waals surface area (Å²) in [5.41, 5.74) is 0.501. The van der Waals surface area contributed by atoms with E-state index < -0.39 is 15.9 Å². The van der Waals surface area contributed by atoms with Crippen LogP contribution in [-0.2, 0) is 21.4 Å². The molecule has 0 spiro atoms. The summed E-state index contributed by atoms with van der Waals surface area (Å²) in [5, 5.41) is 11.1. The van der Waals surface area contributed by atoms with E-state index in [1.807, 2.05) is 0 Å². The van der Waals surface area contributed by atoms with Crippen molar-refractivity contribution in [1.29, 1.82) is 0 Å². The Kier molecular flexibility index (Phi) is 4.36. The van der Waals surface area contributed by atoms with E-state index in [2.05, 4.69) is 10.5 Å². The standard InChI is InChI=1S/C12H13N3O5S/c1-19-7-9-6-11(15-20-9)12(16)14-8-2-4-10(5-3-8)21(13,17)18/h2-6H,7H2,1H3,(H,14,16)(H2,13,17,18). The van der Waals surface area contributed by atoms with E-state index in [4.69, 9.17) is 14.4 Å². The molecule has 0 saturated heterocycles. The molecule has 2 aromatic rings. The number of amides is 1. The number of anilines is 1. The van der Waals surface area contributed by atoms with Crippen LogP contribution in [0.4, 0.5) is 5.69 Å². The Balaban J connectivity index is 2.08. The SMILES string of the molecule is COCc1cc(C(=O)Nc2ccc(S(N)(=O)=O)cc2)no1. The minimum atomic E-state index is -3.76. The van der Waals surface area contributed by atoms with Gasteiger partial charge in [0, 0.05) is 18.9 Å². The van der Waals surface area contributed by atoms with Crippen LogP contribution in [0.1, 0.15) is 16.2 Å². The van der Waals surface area contributed by atoms with Gasteiger partial charge in [-0.2, -0.15) is 0 Å². The summed E-state index contributed by atoms with van der Waals surface area (Å²) in [6.07, 6.45) is 0. The Morgan fingerprint density at radius 2 is 2.05 bits per heavy atom. The molecular weight excluding hydrogens is 298 g/mol. The fourth-order valence-electron chi connectivity index (χ4n) is 1.55. The largest absolute Gasteiger partial charge is 0.377 e. The van der Waals surface area contributed by atoms with Crippen LogP contribution in [0.2, 0.25) is 0 Å². The van der Waals surface area contributed by atoms with Crippen LogP contribution in [0.3, 0.4) is 0 Å². The van der Waals surface area contributed by atoms with Crippen LogP contribution in [0.15, 0.2) is 39.8 Å². The van der Waals surface area contributed by atoms with Gasteiger partial charge >= 0.3 is 0 Å². The Morgan fingerprint density at radius 3 is 2.62 bits per heavy atom. The number of benzene rings is 1. The van der Waals surface area contributed by atoms with Gasteiger partial charge in [0.05, 0.1) is 4.90 Å². The first-order valence-corrected chi connectivity index (χ1v) is 7.33. The van der Waals surface area contributed by atoms with Gasteiger partial charge in [0.25, 0.3) is 5.91 Å². The minimum absolute atomic E-state index is 0.0377. The smallest absolute Gasteiger partial charge is 0.277 e. The summed E-state index contributed by atoms with van der Waals surface area (Å²) in [7, 11) is -2.26. The number of primary sulfonamides is 1. The maximum Gasteiger partial charge on any atom is 0.277 e. The van der Waals surface area contributed by atoms with Gasteiger partial charge in [-0.1, -0.05) is 5.16 Å². The van der Waals surface area contributed by atoms with E-state index in [0.29, 0.717) is 11.4 Å². The van der Waals surface area contributed by atoms with Gasteiger partial charge in [0.15, 0.2) is 11.5 Å². The molecule has 9 heteroatoms. The van der Waals surface area contributed by atoms with E-state index >= 15 is 0 Å². The Bertz CT molecular complexity index is 737. The van der Waals surface area contributed by atoms with Gasteiger partial charge in [-0.15, -0.1) is 0 Å². The zero-order valence-corrected chi connectivity index (χ0v) is 11.9. The van der Waals surface area contributed by atoms with E-state index in [9.17, 15) is 13.2 Å². The van der Waals surface area contributed by atoms with E-state index in [0.717, 1.165) is 0 Å². The molecule has 1 heterocycles. The van der Waals surface area contributed by atoms with Gasteiger partial charge in [-0.25, -0.2) is 13.6 Å². The predicted molar refractivity (Wildman–Crippen MR) is 73.0 cm³/mol. The maximum absolute atomic E-state index is 11.9. The molecule has 0 atom stereocenters. The second-order valence-corrected chi connectivity index (χ2v) is 5.70.